The third-order valence-corrected chi connectivity index (χ3v) is 5.75. The summed E-state index contributed by atoms with van der Waals surface area (Å²) in [6.45, 7) is 1.64. The summed E-state index contributed by atoms with van der Waals surface area (Å²) >= 11 is 0. The lowest BCUT2D eigenvalue weighted by Gasteiger charge is -2.17. The summed E-state index contributed by atoms with van der Waals surface area (Å²) in [5.74, 6) is -2.92. The highest BCUT2D eigenvalue weighted by Gasteiger charge is 2.33. The third kappa shape index (κ3) is 5.34. The first-order valence-electron chi connectivity index (χ1n) is 10.7. The van der Waals surface area contributed by atoms with Crippen LogP contribution in [0.25, 0.3) is 11.1 Å². The molecule has 1 aromatic heterocycles. The largest absolute Gasteiger partial charge is 0.543 e. The molecule has 0 spiro atoms. The van der Waals surface area contributed by atoms with Gasteiger partial charge in [-0.15, -0.1) is 0 Å². The van der Waals surface area contributed by atoms with Crippen LogP contribution in [0, 0.1) is 18.6 Å². The van der Waals surface area contributed by atoms with Gasteiger partial charge in [0.05, 0.1) is 22.9 Å². The zero-order valence-corrected chi connectivity index (χ0v) is 18.5. The van der Waals surface area contributed by atoms with Crippen LogP contribution in [0.3, 0.4) is 0 Å². The van der Waals surface area contributed by atoms with E-state index in [0.29, 0.717) is 47.8 Å². The van der Waals surface area contributed by atoms with E-state index in [2.05, 4.69) is 4.98 Å². The van der Waals surface area contributed by atoms with E-state index in [-0.39, 0.29) is 17.9 Å². The van der Waals surface area contributed by atoms with Crippen molar-refractivity contribution in [3.8, 4) is 5.75 Å². The predicted molar refractivity (Wildman–Crippen MR) is 116 cm³/mol. The fourth-order valence-electron chi connectivity index (χ4n) is 4.08. The minimum absolute atomic E-state index is 0.0939. The number of hydrogen-bond donors (Lipinski definition) is 0. The summed E-state index contributed by atoms with van der Waals surface area (Å²) in [6.07, 6.45) is -3.27. The van der Waals surface area contributed by atoms with Gasteiger partial charge < -0.3 is 14.6 Å². The van der Waals surface area contributed by atoms with Crippen LogP contribution in [0.5, 0.6) is 5.75 Å². The molecule has 182 valence electrons. The van der Waals surface area contributed by atoms with Crippen LogP contribution < -0.4 is 9.84 Å². The molecule has 0 saturated carbocycles. The van der Waals surface area contributed by atoms with E-state index in [1.807, 2.05) is 6.92 Å². The molecule has 0 radical (unpaired) electrons. The van der Waals surface area contributed by atoms with E-state index in [0.717, 1.165) is 23.8 Å². The van der Waals surface area contributed by atoms with Crippen LogP contribution in [0.4, 0.5) is 22.0 Å². The number of allylic oxidation sites excluding steroid dienone is 2. The van der Waals surface area contributed by atoms with Crippen molar-refractivity contribution in [2.24, 2.45) is 0 Å². The van der Waals surface area contributed by atoms with Gasteiger partial charge >= 0.3 is 6.18 Å². The van der Waals surface area contributed by atoms with Crippen LogP contribution in [-0.4, -0.2) is 11.0 Å². The summed E-state index contributed by atoms with van der Waals surface area (Å²) in [5, 5.41) is 11.3. The molecule has 0 amide bonds. The number of benzene rings is 2. The highest BCUT2D eigenvalue weighted by molar-refractivity contribution is 5.94. The number of pyridine rings is 1. The molecule has 35 heavy (non-hydrogen) atoms. The van der Waals surface area contributed by atoms with E-state index < -0.39 is 35.0 Å². The highest BCUT2D eigenvalue weighted by Crippen LogP contribution is 2.44. The topological polar surface area (TPSA) is 62.2 Å². The van der Waals surface area contributed by atoms with Gasteiger partial charge in [0, 0.05) is 17.2 Å². The zero-order valence-electron chi connectivity index (χ0n) is 18.5. The van der Waals surface area contributed by atoms with Crippen LogP contribution in [0.2, 0.25) is 0 Å². The molecule has 1 heterocycles. The monoisotopic (exact) mass is 488 g/mol. The fraction of sp³-hybridized carbons (Fsp3) is 0.231. The number of alkyl halides is 3. The minimum Gasteiger partial charge on any atom is -0.543 e. The molecule has 1 aliphatic rings. The predicted octanol–water partition coefficient (Wildman–Crippen LogP) is 5.72. The minimum atomic E-state index is -4.77. The quantitative estimate of drug-likeness (QED) is 0.416. The van der Waals surface area contributed by atoms with Crippen LogP contribution in [-0.2, 0) is 12.8 Å². The lowest BCUT2D eigenvalue weighted by Crippen LogP contribution is -2.25. The molecule has 3 aromatic rings. The Balaban J connectivity index is 1.78. The summed E-state index contributed by atoms with van der Waals surface area (Å²) in [5.41, 5.74) is 0.691. The highest BCUT2D eigenvalue weighted by atomic mass is 19.4. The van der Waals surface area contributed by atoms with Crippen molar-refractivity contribution in [1.29, 1.82) is 0 Å². The summed E-state index contributed by atoms with van der Waals surface area (Å²) in [6, 6.07) is 9.65. The number of ether oxygens (including phenoxy) is 1. The molecule has 0 atom stereocenters. The molecule has 0 saturated heterocycles. The number of carboxylic acid groups (broad SMARTS) is 1. The Bertz CT molecular complexity index is 1330. The molecule has 4 nitrogen and oxygen atoms in total. The van der Waals surface area contributed by atoms with Gasteiger partial charge in [-0.25, -0.2) is 13.8 Å². The molecule has 0 N–H and O–H groups in total. The number of carboxylic acids is 1. The number of hydrogen-bond acceptors (Lipinski definition) is 4. The van der Waals surface area contributed by atoms with Crippen molar-refractivity contribution in [2.45, 2.75) is 39.0 Å². The van der Waals surface area contributed by atoms with Crippen LogP contribution >= 0.6 is 0 Å². The Morgan fingerprint density at radius 2 is 1.77 bits per heavy atom. The lowest BCUT2D eigenvalue weighted by molar-refractivity contribution is -0.255. The second-order valence-corrected chi connectivity index (χ2v) is 8.25. The van der Waals surface area contributed by atoms with Gasteiger partial charge in [-0.05, 0) is 73.7 Å². The number of aromatic nitrogens is 1. The molecule has 4 rings (SSSR count). The Kier molecular flexibility index (Phi) is 6.60. The van der Waals surface area contributed by atoms with Crippen molar-refractivity contribution in [2.75, 3.05) is 0 Å². The zero-order chi connectivity index (χ0) is 25.3. The normalized spacial score (nSPS) is 13.9. The molecule has 2 aromatic carbocycles. The number of rotatable bonds is 6. The van der Waals surface area contributed by atoms with Gasteiger partial charge in [0.1, 0.15) is 24.0 Å². The second-order valence-electron chi connectivity index (χ2n) is 8.25. The first kappa shape index (κ1) is 24.4. The molecule has 0 unspecified atom stereocenters. The SMILES string of the molecule is Cc1ccc(OCc2ccc(F)cc2F)c(C2=C(c3cc(C(F)(F)F)cc(C(=O)[O-])n3)CCC2)c1. The van der Waals surface area contributed by atoms with Crippen molar-refractivity contribution in [3.05, 3.63) is 93.8 Å². The standard InChI is InChI=1S/C26H20F5NO3/c1-14-5-8-24(35-13-15-6-7-17(27)12-21(15)28)20(9-14)18-3-2-4-19(18)22-10-16(26(29,30)31)11-23(32-22)25(33)34/h5-12H,2-4,13H2,1H3,(H,33,34)/p-1. The van der Waals surface area contributed by atoms with Gasteiger partial charge in [-0.1, -0.05) is 11.6 Å². The number of halogens is 5. The van der Waals surface area contributed by atoms with Crippen molar-refractivity contribution >= 4 is 17.1 Å². The second kappa shape index (κ2) is 9.48. The van der Waals surface area contributed by atoms with E-state index in [1.165, 1.54) is 6.07 Å². The number of aromatic carboxylic acids is 1. The van der Waals surface area contributed by atoms with Crippen molar-refractivity contribution in [1.82, 2.24) is 4.98 Å². The lowest BCUT2D eigenvalue weighted by atomic mass is 9.96. The van der Waals surface area contributed by atoms with Crippen LogP contribution in [0.1, 0.15) is 57.7 Å². The molecular weight excluding hydrogens is 469 g/mol. The van der Waals surface area contributed by atoms with E-state index in [9.17, 15) is 31.9 Å². The van der Waals surface area contributed by atoms with Crippen molar-refractivity contribution < 1.29 is 36.6 Å². The van der Waals surface area contributed by atoms with Gasteiger partial charge in [0.15, 0.2) is 0 Å². The Hall–Kier alpha value is -3.75. The number of nitrogens with zero attached hydrogens (tertiary/aromatic N) is 1. The number of carbonyl (C=O) groups excluding carboxylic acids is 1. The van der Waals surface area contributed by atoms with E-state index >= 15 is 0 Å². The van der Waals surface area contributed by atoms with Gasteiger partial charge in [0.2, 0.25) is 0 Å². The molecule has 1 aliphatic carbocycles. The van der Waals surface area contributed by atoms with Crippen LogP contribution in [0.15, 0.2) is 48.5 Å². The maximum Gasteiger partial charge on any atom is 0.416 e. The van der Waals surface area contributed by atoms with Gasteiger partial charge in [-0.3, -0.25) is 0 Å². The van der Waals surface area contributed by atoms with Crippen molar-refractivity contribution in [3.63, 3.8) is 0 Å². The Morgan fingerprint density at radius 1 is 1.03 bits per heavy atom. The van der Waals surface area contributed by atoms with Gasteiger partial charge in [0.25, 0.3) is 0 Å². The molecular formula is C26H19F5NO3-. The van der Waals surface area contributed by atoms with Gasteiger partial charge in [-0.2, -0.15) is 13.2 Å². The molecule has 9 heteroatoms. The summed E-state index contributed by atoms with van der Waals surface area (Å²) < 4.78 is 73.4. The van der Waals surface area contributed by atoms with E-state index in [1.54, 1.807) is 18.2 Å². The Labute approximate surface area is 197 Å². The molecule has 0 fully saturated rings. The van der Waals surface area contributed by atoms with E-state index in [4.69, 9.17) is 4.74 Å². The maximum atomic E-state index is 14.1. The average molecular weight is 488 g/mol. The first-order chi connectivity index (χ1) is 16.5. The fourth-order valence-corrected chi connectivity index (χ4v) is 4.08. The molecule has 0 bridgehead atoms. The Morgan fingerprint density at radius 3 is 2.46 bits per heavy atom. The number of aryl methyl sites for hydroxylation is 1. The third-order valence-electron chi connectivity index (χ3n) is 5.75. The molecule has 0 aliphatic heterocycles. The first-order valence-corrected chi connectivity index (χ1v) is 10.7. The summed E-state index contributed by atoms with van der Waals surface area (Å²) in [7, 11) is 0. The smallest absolute Gasteiger partial charge is 0.416 e. The maximum absolute atomic E-state index is 14.1. The summed E-state index contributed by atoms with van der Waals surface area (Å²) in [4.78, 5) is 15.3. The average Bonchev–Trinajstić information content (AvgIpc) is 3.28. The number of carbonyl (C=O) groups is 1.